The zero-order valence-electron chi connectivity index (χ0n) is 22.2. The molecule has 0 bridgehead atoms. The number of carbonyl (C=O) groups excluding carboxylic acids is 3. The first-order valence-electron chi connectivity index (χ1n) is 12.9. The second-order valence-electron chi connectivity index (χ2n) is 11.1. The maximum atomic E-state index is 12.7. The third kappa shape index (κ3) is 8.40. The van der Waals surface area contributed by atoms with Gasteiger partial charge in [-0.15, -0.1) is 0 Å². The van der Waals surface area contributed by atoms with Gasteiger partial charge >= 0.3 is 12.1 Å². The monoisotopic (exact) mass is 503 g/mol. The Morgan fingerprint density at radius 2 is 1.86 bits per heavy atom. The Labute approximate surface area is 214 Å². The lowest BCUT2D eigenvalue weighted by Crippen LogP contribution is -2.48. The summed E-state index contributed by atoms with van der Waals surface area (Å²) in [6.45, 7) is 12.2. The van der Waals surface area contributed by atoms with Gasteiger partial charge in [0, 0.05) is 43.3 Å². The van der Waals surface area contributed by atoms with Crippen molar-refractivity contribution in [2.75, 3.05) is 38.2 Å². The van der Waals surface area contributed by atoms with Crippen LogP contribution < -0.4 is 15.4 Å². The Balaban J connectivity index is 1.57. The lowest BCUT2D eigenvalue weighted by atomic mass is 9.97. The molecule has 1 atom stereocenters. The molecule has 2 heterocycles. The van der Waals surface area contributed by atoms with Gasteiger partial charge in [0.1, 0.15) is 18.5 Å². The largest absolute Gasteiger partial charge is 0.489 e. The van der Waals surface area contributed by atoms with Crippen molar-refractivity contribution in [3.05, 3.63) is 23.8 Å². The van der Waals surface area contributed by atoms with Gasteiger partial charge in [-0.3, -0.25) is 14.5 Å². The smallest absolute Gasteiger partial charge is 0.407 e. The van der Waals surface area contributed by atoms with Crippen molar-refractivity contribution in [3.8, 4) is 5.75 Å². The van der Waals surface area contributed by atoms with Crippen LogP contribution in [0, 0.1) is 11.3 Å². The molecule has 3 rings (SSSR count). The van der Waals surface area contributed by atoms with Crippen LogP contribution in [0.4, 0.5) is 10.5 Å². The fourth-order valence-electron chi connectivity index (χ4n) is 4.16. The molecule has 36 heavy (non-hydrogen) atoms. The van der Waals surface area contributed by atoms with E-state index in [0.717, 1.165) is 37.2 Å². The van der Waals surface area contributed by atoms with Crippen LogP contribution in [0.25, 0.3) is 0 Å². The number of benzene rings is 1. The van der Waals surface area contributed by atoms with Gasteiger partial charge in [-0.2, -0.15) is 0 Å². The number of hydrogen-bond acceptors (Lipinski definition) is 7. The molecule has 9 heteroatoms. The van der Waals surface area contributed by atoms with E-state index in [2.05, 4.69) is 15.5 Å². The summed E-state index contributed by atoms with van der Waals surface area (Å²) in [5, 5.41) is 5.84. The van der Waals surface area contributed by atoms with Crippen LogP contribution in [0.5, 0.6) is 5.75 Å². The molecule has 1 aromatic rings. The highest BCUT2D eigenvalue weighted by Crippen LogP contribution is 2.31. The number of nitrogens with one attached hydrogen (secondary N) is 2. The van der Waals surface area contributed by atoms with Crippen LogP contribution in [0.15, 0.2) is 18.2 Å². The van der Waals surface area contributed by atoms with Crippen molar-refractivity contribution >= 4 is 23.7 Å². The van der Waals surface area contributed by atoms with Crippen molar-refractivity contribution in [2.24, 2.45) is 11.3 Å². The van der Waals surface area contributed by atoms with Crippen molar-refractivity contribution in [1.82, 2.24) is 10.2 Å². The maximum Gasteiger partial charge on any atom is 0.407 e. The van der Waals surface area contributed by atoms with Gasteiger partial charge in [0.2, 0.25) is 5.91 Å². The van der Waals surface area contributed by atoms with Crippen molar-refractivity contribution in [3.63, 3.8) is 0 Å². The average molecular weight is 504 g/mol. The Morgan fingerprint density at radius 3 is 2.53 bits per heavy atom. The average Bonchev–Trinajstić information content (AvgIpc) is 2.81. The Morgan fingerprint density at radius 1 is 1.14 bits per heavy atom. The van der Waals surface area contributed by atoms with Gasteiger partial charge in [-0.05, 0) is 58.1 Å². The fourth-order valence-corrected chi connectivity index (χ4v) is 4.16. The molecular formula is C27H41N3O6. The first kappa shape index (κ1) is 27.8. The summed E-state index contributed by atoms with van der Waals surface area (Å²) >= 11 is 0. The Kier molecular flexibility index (Phi) is 9.59. The summed E-state index contributed by atoms with van der Waals surface area (Å²) < 4.78 is 17.3. The molecule has 0 aliphatic carbocycles. The molecule has 2 aliphatic heterocycles. The van der Waals surface area contributed by atoms with Gasteiger partial charge in [-0.25, -0.2) is 4.79 Å². The number of carbonyl (C=O) groups is 3. The van der Waals surface area contributed by atoms with Crippen molar-refractivity contribution in [2.45, 2.75) is 72.4 Å². The molecule has 2 aliphatic rings. The number of amides is 2. The van der Waals surface area contributed by atoms with Crippen LogP contribution in [0.1, 0.15) is 59.4 Å². The first-order valence-corrected chi connectivity index (χ1v) is 12.9. The number of hydrogen-bond donors (Lipinski definition) is 2. The van der Waals surface area contributed by atoms with Crippen molar-refractivity contribution < 1.29 is 28.6 Å². The molecule has 0 saturated carbocycles. The number of fused-ring (bicyclic) bond motifs is 1. The maximum absolute atomic E-state index is 12.7. The highest BCUT2D eigenvalue weighted by molar-refractivity contribution is 5.94. The third-order valence-electron chi connectivity index (χ3n) is 6.24. The van der Waals surface area contributed by atoms with E-state index in [0.29, 0.717) is 37.7 Å². The van der Waals surface area contributed by atoms with E-state index < -0.39 is 11.5 Å². The number of likely N-dealkylation sites (tertiary alicyclic amines) is 1. The molecule has 1 unspecified atom stereocenters. The summed E-state index contributed by atoms with van der Waals surface area (Å²) in [7, 11) is 0. The van der Waals surface area contributed by atoms with Gasteiger partial charge < -0.3 is 24.8 Å². The predicted octanol–water partition coefficient (Wildman–Crippen LogP) is 3.75. The minimum absolute atomic E-state index is 0.00251. The van der Waals surface area contributed by atoms with Gasteiger partial charge in [0.05, 0.1) is 12.0 Å². The lowest BCUT2D eigenvalue weighted by molar-refractivity contribution is -0.161. The molecule has 0 spiro atoms. The molecule has 2 amide bonds. The molecule has 1 fully saturated rings. The molecule has 1 aromatic carbocycles. The van der Waals surface area contributed by atoms with Crippen LogP contribution in [0.3, 0.4) is 0 Å². The van der Waals surface area contributed by atoms with Crippen LogP contribution in [-0.4, -0.2) is 67.9 Å². The van der Waals surface area contributed by atoms with Crippen LogP contribution in [-0.2, 0) is 25.5 Å². The molecule has 1 saturated heterocycles. The minimum atomic E-state index is -0.623. The summed E-state index contributed by atoms with van der Waals surface area (Å²) in [6, 6.07) is 5.67. The quantitative estimate of drug-likeness (QED) is 0.494. The molecule has 0 aromatic heterocycles. The van der Waals surface area contributed by atoms with E-state index >= 15 is 0 Å². The fraction of sp³-hybridized carbons (Fsp3) is 0.667. The third-order valence-corrected chi connectivity index (χ3v) is 6.24. The first-order chi connectivity index (χ1) is 17.0. The number of anilines is 1. The van der Waals surface area contributed by atoms with Crippen LogP contribution >= 0.6 is 0 Å². The summed E-state index contributed by atoms with van der Waals surface area (Å²) in [5.41, 5.74) is 1.12. The number of alkyl carbamates (subject to hydrolysis) is 1. The van der Waals surface area contributed by atoms with E-state index in [9.17, 15) is 14.4 Å². The molecular weight excluding hydrogens is 462 g/mol. The normalized spacial score (nSPS) is 17.7. The number of rotatable bonds is 9. The standard InChI is InChI=1S/C27H41N3O6/c1-18(2)16-35-26(33)28-19-11-13-30(14-12-19)15-20(36-25(32)27(3,4)5)17-34-23-8-6-7-22-21(23)9-10-24(31)29-22/h6-8,18-20H,9-17H2,1-5H3,(H,28,33)(H,29,31). The topological polar surface area (TPSA) is 106 Å². The molecule has 9 nitrogen and oxygen atoms in total. The number of ether oxygens (including phenoxy) is 3. The highest BCUT2D eigenvalue weighted by atomic mass is 16.6. The summed E-state index contributed by atoms with van der Waals surface area (Å²) in [5.74, 6) is 0.727. The van der Waals surface area contributed by atoms with E-state index in [4.69, 9.17) is 14.2 Å². The van der Waals surface area contributed by atoms with Crippen molar-refractivity contribution in [1.29, 1.82) is 0 Å². The second-order valence-corrected chi connectivity index (χ2v) is 11.1. The van der Waals surface area contributed by atoms with Gasteiger partial charge in [0.25, 0.3) is 0 Å². The van der Waals surface area contributed by atoms with E-state index in [1.54, 1.807) is 0 Å². The Bertz CT molecular complexity index is 919. The summed E-state index contributed by atoms with van der Waals surface area (Å²) in [6.07, 6.45) is 1.81. The predicted molar refractivity (Wildman–Crippen MR) is 137 cm³/mol. The second kappa shape index (κ2) is 12.4. The Hall–Kier alpha value is -2.81. The molecule has 0 radical (unpaired) electrons. The van der Waals surface area contributed by atoms with Gasteiger partial charge in [0.15, 0.2) is 0 Å². The minimum Gasteiger partial charge on any atom is -0.489 e. The lowest BCUT2D eigenvalue weighted by Gasteiger charge is -2.34. The zero-order chi connectivity index (χ0) is 26.3. The number of esters is 1. The van der Waals surface area contributed by atoms with E-state index in [-0.39, 0.29) is 30.6 Å². The van der Waals surface area contributed by atoms with E-state index in [1.807, 2.05) is 52.8 Å². The number of piperidine rings is 1. The van der Waals surface area contributed by atoms with E-state index in [1.165, 1.54) is 0 Å². The SMILES string of the molecule is CC(C)COC(=O)NC1CCN(CC(COc2cccc3c2CCC(=O)N3)OC(=O)C(C)(C)C)CC1. The molecule has 200 valence electrons. The van der Waals surface area contributed by atoms with Gasteiger partial charge in [-0.1, -0.05) is 19.9 Å². The highest BCUT2D eigenvalue weighted by Gasteiger charge is 2.30. The molecule has 2 N–H and O–H groups in total. The summed E-state index contributed by atoms with van der Waals surface area (Å²) in [4.78, 5) is 38.6. The zero-order valence-corrected chi connectivity index (χ0v) is 22.2. The van der Waals surface area contributed by atoms with Crippen LogP contribution in [0.2, 0.25) is 0 Å². The number of nitrogens with zero attached hydrogens (tertiary/aromatic N) is 1.